The van der Waals surface area contributed by atoms with Crippen LogP contribution in [0.3, 0.4) is 0 Å². The van der Waals surface area contributed by atoms with Crippen molar-refractivity contribution in [2.24, 2.45) is 0 Å². The molecule has 0 spiro atoms. The first-order valence-electron chi connectivity index (χ1n) is 29.1. The molecule has 18 aromatic rings. The van der Waals surface area contributed by atoms with E-state index in [-0.39, 0.29) is 0 Å². The van der Waals surface area contributed by atoms with Gasteiger partial charge < -0.3 is 18.3 Å². The molecule has 0 bridgehead atoms. The first-order chi connectivity index (χ1) is 42.7. The minimum absolute atomic E-state index is 0.572. The number of rotatable bonds is 8. The van der Waals surface area contributed by atoms with Gasteiger partial charge in [-0.3, -0.25) is 0 Å². The molecule has 0 saturated heterocycles. The van der Waals surface area contributed by atoms with Gasteiger partial charge in [0.15, 0.2) is 11.6 Å². The van der Waals surface area contributed by atoms with Gasteiger partial charge >= 0.3 is 0 Å². The third kappa shape index (κ3) is 7.30. The van der Waals surface area contributed by atoms with Gasteiger partial charge in [-0.05, 0) is 121 Å². The molecule has 0 unspecified atom stereocenters. The zero-order chi connectivity index (χ0) is 56.4. The average Bonchev–Trinajstić information content (AvgIpc) is 1.57. The van der Waals surface area contributed by atoms with Crippen LogP contribution in [0, 0.1) is 0 Å². The maximum Gasteiger partial charge on any atom is 0.160 e. The molecule has 8 heteroatoms. The lowest BCUT2D eigenvalue weighted by Gasteiger charge is -2.15. The van der Waals surface area contributed by atoms with E-state index in [0.717, 1.165) is 89.1 Å². The van der Waals surface area contributed by atoms with Crippen LogP contribution in [0.15, 0.2) is 291 Å². The lowest BCUT2D eigenvalue weighted by atomic mass is 10.0. The maximum atomic E-state index is 5.59. The smallest absolute Gasteiger partial charge is 0.160 e. The summed E-state index contributed by atoms with van der Waals surface area (Å²) in [7, 11) is 0. The highest BCUT2D eigenvalue weighted by Crippen LogP contribution is 2.41. The van der Waals surface area contributed by atoms with Crippen molar-refractivity contribution in [2.45, 2.75) is 0 Å². The normalized spacial score (nSPS) is 12.0. The molecule has 0 saturated carbocycles. The van der Waals surface area contributed by atoms with Crippen molar-refractivity contribution in [3.8, 4) is 68.0 Å². The van der Waals surface area contributed by atoms with E-state index in [9.17, 15) is 0 Å². The second-order valence-corrected chi connectivity index (χ2v) is 22.2. The Labute approximate surface area is 493 Å². The van der Waals surface area contributed by atoms with Crippen molar-refractivity contribution in [1.29, 1.82) is 0 Å². The van der Waals surface area contributed by atoms with E-state index in [4.69, 9.17) is 19.9 Å². The van der Waals surface area contributed by atoms with E-state index in [0.29, 0.717) is 34.1 Å². The number of aromatic nitrogens is 8. The summed E-state index contributed by atoms with van der Waals surface area (Å²) in [5, 5.41) is 9.72. The van der Waals surface area contributed by atoms with Crippen molar-refractivity contribution in [1.82, 2.24) is 38.2 Å². The molecule has 86 heavy (non-hydrogen) atoms. The molecule has 400 valence electrons. The van der Waals surface area contributed by atoms with E-state index in [1.807, 2.05) is 0 Å². The summed E-state index contributed by atoms with van der Waals surface area (Å²) in [6.45, 7) is 0. The fourth-order valence-electron chi connectivity index (χ4n) is 13.5. The Kier molecular flexibility index (Phi) is 10.5. The molecule has 6 aromatic heterocycles. The molecule has 8 nitrogen and oxygen atoms in total. The molecule has 6 heterocycles. The summed E-state index contributed by atoms with van der Waals surface area (Å²) < 4.78 is 9.37. The van der Waals surface area contributed by atoms with E-state index in [1.165, 1.54) is 43.1 Å². The maximum absolute atomic E-state index is 5.59. The fourth-order valence-corrected chi connectivity index (χ4v) is 13.5. The van der Waals surface area contributed by atoms with Gasteiger partial charge in [0.05, 0.1) is 44.1 Å². The highest BCUT2D eigenvalue weighted by Gasteiger charge is 2.23. The lowest BCUT2D eigenvalue weighted by molar-refractivity contribution is 1.15. The van der Waals surface area contributed by atoms with Crippen molar-refractivity contribution < 1.29 is 0 Å². The van der Waals surface area contributed by atoms with Gasteiger partial charge in [0, 0.05) is 88.1 Å². The van der Waals surface area contributed by atoms with Gasteiger partial charge in [-0.2, -0.15) is 0 Å². The van der Waals surface area contributed by atoms with Crippen LogP contribution in [0.25, 0.3) is 166 Å². The minimum Gasteiger partial charge on any atom is -0.309 e. The van der Waals surface area contributed by atoms with Crippen molar-refractivity contribution in [3.05, 3.63) is 291 Å². The van der Waals surface area contributed by atoms with Gasteiger partial charge in [-0.25, -0.2) is 19.9 Å². The van der Waals surface area contributed by atoms with Crippen LogP contribution in [0.1, 0.15) is 0 Å². The van der Waals surface area contributed by atoms with Crippen molar-refractivity contribution in [2.75, 3.05) is 0 Å². The zero-order valence-corrected chi connectivity index (χ0v) is 46.3. The zero-order valence-electron chi connectivity index (χ0n) is 46.3. The molecule has 0 aliphatic rings. The Morgan fingerprint density at radius 2 is 0.360 bits per heavy atom. The standard InChI is InChI=1S/C78H48N8/c1-9-25-65-57(17-1)58-18-2-10-26-66(58)83(65)53-41-33-49(34-42-53)73-75-76(82-77(79-73)51-37-45-55(46-38-51)85-69-29-13-5-21-61(69)62-22-6-14-30-70(62)85)74(50-35-43-54(44-36-50)84-67-27-11-3-19-59(67)60-20-4-12-28-68(60)84)80-78(81-75)52-39-47-56(48-40-52)86-71-31-15-7-23-63(71)64-24-8-16-32-72(64)86/h1-48H. The molecule has 0 aliphatic heterocycles. The number of para-hydroxylation sites is 8. The molecule has 0 atom stereocenters. The predicted molar refractivity (Wildman–Crippen MR) is 354 cm³/mol. The second kappa shape index (κ2) is 18.9. The molecule has 0 aliphatic carbocycles. The second-order valence-electron chi connectivity index (χ2n) is 22.2. The number of hydrogen-bond donors (Lipinski definition) is 0. The Bertz CT molecular complexity index is 5180. The number of benzene rings is 12. The number of fused-ring (bicyclic) bond motifs is 13. The van der Waals surface area contributed by atoms with Gasteiger partial charge in [0.2, 0.25) is 0 Å². The number of nitrogens with zero attached hydrogens (tertiary/aromatic N) is 8. The first-order valence-corrected chi connectivity index (χ1v) is 29.1. The van der Waals surface area contributed by atoms with E-state index in [2.05, 4.69) is 309 Å². The molecule has 0 amide bonds. The molecular formula is C78H48N8. The average molecular weight is 1100 g/mol. The van der Waals surface area contributed by atoms with Crippen LogP contribution >= 0.6 is 0 Å². The van der Waals surface area contributed by atoms with Crippen LogP contribution in [-0.4, -0.2) is 38.2 Å². The fraction of sp³-hybridized carbons (Fsp3) is 0. The van der Waals surface area contributed by atoms with Crippen molar-refractivity contribution in [3.63, 3.8) is 0 Å². The van der Waals surface area contributed by atoms with Crippen LogP contribution in [0.5, 0.6) is 0 Å². The molecule has 18 rings (SSSR count). The van der Waals surface area contributed by atoms with E-state index >= 15 is 0 Å². The summed E-state index contributed by atoms with van der Waals surface area (Å²) in [6.07, 6.45) is 0. The first kappa shape index (κ1) is 47.9. The highest BCUT2D eigenvalue weighted by atomic mass is 15.0. The Morgan fingerprint density at radius 3 is 0.570 bits per heavy atom. The van der Waals surface area contributed by atoms with Gasteiger partial charge in [0.1, 0.15) is 22.4 Å². The van der Waals surface area contributed by atoms with E-state index < -0.39 is 0 Å². The van der Waals surface area contributed by atoms with Crippen LogP contribution < -0.4 is 0 Å². The third-order valence-corrected chi connectivity index (χ3v) is 17.4. The summed E-state index contributed by atoms with van der Waals surface area (Å²) in [4.78, 5) is 22.3. The molecule has 0 radical (unpaired) electrons. The van der Waals surface area contributed by atoms with Gasteiger partial charge in [-0.15, -0.1) is 0 Å². The van der Waals surface area contributed by atoms with Gasteiger partial charge in [-0.1, -0.05) is 170 Å². The highest BCUT2D eigenvalue weighted by molar-refractivity contribution is 6.12. The Morgan fingerprint density at radius 1 is 0.174 bits per heavy atom. The SMILES string of the molecule is c1ccc2c(c1)c1ccccc1n2-c1ccc(-c2nc(-c3ccc(-n4c5ccccc5c5ccccc54)cc3)c3nc(-c4ccc(-n5c6ccccc6c6ccccc65)cc4)nc(-c4ccc(-n5c6ccccc6c6ccccc65)cc4)c3n2)cc1. The quantitative estimate of drug-likeness (QED) is 0.152. The summed E-state index contributed by atoms with van der Waals surface area (Å²) in [5.41, 5.74) is 19.7. The number of hydrogen-bond acceptors (Lipinski definition) is 4. The van der Waals surface area contributed by atoms with Crippen LogP contribution in [0.2, 0.25) is 0 Å². The molecule has 0 N–H and O–H groups in total. The predicted octanol–water partition coefficient (Wildman–Crippen LogP) is 19.5. The van der Waals surface area contributed by atoms with E-state index in [1.54, 1.807) is 0 Å². The van der Waals surface area contributed by atoms with Crippen LogP contribution in [0.4, 0.5) is 0 Å². The monoisotopic (exact) mass is 1100 g/mol. The Balaban J connectivity index is 0.850. The largest absolute Gasteiger partial charge is 0.309 e. The molecular weight excluding hydrogens is 1050 g/mol. The van der Waals surface area contributed by atoms with Crippen LogP contribution in [-0.2, 0) is 0 Å². The molecule has 0 fully saturated rings. The van der Waals surface area contributed by atoms with Crippen molar-refractivity contribution >= 4 is 98.3 Å². The Hall–Kier alpha value is -11.7. The topological polar surface area (TPSA) is 71.3 Å². The summed E-state index contributed by atoms with van der Waals surface area (Å²) in [6, 6.07) is 104. The summed E-state index contributed by atoms with van der Waals surface area (Å²) in [5.74, 6) is 1.14. The molecule has 12 aromatic carbocycles. The van der Waals surface area contributed by atoms with Gasteiger partial charge in [0.25, 0.3) is 0 Å². The third-order valence-electron chi connectivity index (χ3n) is 17.4. The minimum atomic E-state index is 0.572. The summed E-state index contributed by atoms with van der Waals surface area (Å²) >= 11 is 0. The lowest BCUT2D eigenvalue weighted by Crippen LogP contribution is -2.03.